The summed E-state index contributed by atoms with van der Waals surface area (Å²) in [5.74, 6) is -0.0173. The van der Waals surface area contributed by atoms with Crippen molar-refractivity contribution in [3.63, 3.8) is 0 Å². The highest BCUT2D eigenvalue weighted by Crippen LogP contribution is 2.43. The van der Waals surface area contributed by atoms with Gasteiger partial charge in [0.05, 0.1) is 0 Å². The number of likely N-dealkylation sites (N-methyl/N-ethyl adjacent to an activating group) is 1. The van der Waals surface area contributed by atoms with E-state index in [4.69, 9.17) is 10.5 Å². The van der Waals surface area contributed by atoms with Gasteiger partial charge in [0, 0.05) is 46.9 Å². The quantitative estimate of drug-likeness (QED) is 0.678. The van der Waals surface area contributed by atoms with E-state index in [1.54, 1.807) is 17.8 Å². The SMILES string of the molecule is CN1CCc2c(sc(NC(=O)c3csc(-c4ccncc4)n3)c2OC(N)=O)C1. The molecule has 1 aliphatic rings. The number of amides is 2. The second-order valence-electron chi connectivity index (χ2n) is 6.30. The lowest BCUT2D eigenvalue weighted by Gasteiger charge is -2.22. The molecular formula is C18H17N5O3S2. The summed E-state index contributed by atoms with van der Waals surface area (Å²) in [7, 11) is 2.02. The molecule has 3 aromatic rings. The molecule has 1 aliphatic heterocycles. The fraction of sp³-hybridized carbons (Fsp3) is 0.222. The standard InChI is InChI=1S/C18H17N5O3S2/c1-23-7-4-11-13(8-23)28-17(14(11)26-18(19)25)22-15(24)12-9-27-16(21-12)10-2-5-20-6-3-10/h2-3,5-6,9H,4,7-8H2,1H3,(H2,19,25)(H,22,24). The topological polar surface area (TPSA) is 110 Å². The first kappa shape index (κ1) is 18.5. The lowest BCUT2D eigenvalue weighted by Crippen LogP contribution is -2.26. The van der Waals surface area contributed by atoms with Gasteiger partial charge in [-0.25, -0.2) is 9.78 Å². The van der Waals surface area contributed by atoms with Crippen LogP contribution in [0.1, 0.15) is 20.9 Å². The Kier molecular flexibility index (Phi) is 5.07. The van der Waals surface area contributed by atoms with Gasteiger partial charge in [0.1, 0.15) is 15.7 Å². The van der Waals surface area contributed by atoms with E-state index in [0.717, 1.165) is 40.5 Å². The number of primary amides is 1. The molecule has 0 saturated heterocycles. The second kappa shape index (κ2) is 7.66. The maximum Gasteiger partial charge on any atom is 0.410 e. The molecule has 0 saturated carbocycles. The van der Waals surface area contributed by atoms with Gasteiger partial charge in [-0.15, -0.1) is 22.7 Å². The van der Waals surface area contributed by atoms with Crippen LogP contribution in [0.25, 0.3) is 10.6 Å². The maximum atomic E-state index is 12.7. The van der Waals surface area contributed by atoms with Crippen LogP contribution in [-0.4, -0.2) is 40.5 Å². The number of hydrogen-bond acceptors (Lipinski definition) is 8. The van der Waals surface area contributed by atoms with Crippen LogP contribution in [0.5, 0.6) is 5.75 Å². The minimum absolute atomic E-state index is 0.297. The summed E-state index contributed by atoms with van der Waals surface area (Å²) in [5, 5.41) is 5.73. The van der Waals surface area contributed by atoms with E-state index >= 15 is 0 Å². The van der Waals surface area contributed by atoms with E-state index in [1.807, 2.05) is 19.2 Å². The molecule has 3 aromatic heterocycles. The third-order valence-electron chi connectivity index (χ3n) is 4.29. The Morgan fingerprint density at radius 2 is 2.11 bits per heavy atom. The number of anilines is 1. The summed E-state index contributed by atoms with van der Waals surface area (Å²) >= 11 is 2.77. The molecular weight excluding hydrogens is 398 g/mol. The first-order valence-electron chi connectivity index (χ1n) is 8.49. The Morgan fingerprint density at radius 1 is 1.32 bits per heavy atom. The monoisotopic (exact) mass is 415 g/mol. The molecule has 0 aromatic carbocycles. The maximum absolute atomic E-state index is 12.7. The van der Waals surface area contributed by atoms with Gasteiger partial charge in [-0.05, 0) is 25.6 Å². The van der Waals surface area contributed by atoms with Crippen LogP contribution in [0.15, 0.2) is 29.9 Å². The fourth-order valence-electron chi connectivity index (χ4n) is 2.97. The zero-order valence-corrected chi connectivity index (χ0v) is 16.6. The molecule has 3 N–H and O–H groups in total. The molecule has 144 valence electrons. The molecule has 8 nitrogen and oxygen atoms in total. The van der Waals surface area contributed by atoms with Crippen LogP contribution in [-0.2, 0) is 13.0 Å². The number of fused-ring (bicyclic) bond motifs is 1. The Labute approximate surface area is 169 Å². The van der Waals surface area contributed by atoms with Crippen molar-refractivity contribution in [1.82, 2.24) is 14.9 Å². The van der Waals surface area contributed by atoms with Crippen molar-refractivity contribution in [3.8, 4) is 16.3 Å². The molecule has 4 heterocycles. The predicted molar refractivity (Wildman–Crippen MR) is 108 cm³/mol. The number of ether oxygens (including phenoxy) is 1. The molecule has 0 bridgehead atoms. The van der Waals surface area contributed by atoms with Gasteiger partial charge in [-0.2, -0.15) is 0 Å². The number of nitrogens with two attached hydrogens (primary N) is 1. The Bertz CT molecular complexity index is 1030. The normalized spacial score (nSPS) is 13.8. The third kappa shape index (κ3) is 3.75. The Morgan fingerprint density at radius 3 is 2.86 bits per heavy atom. The van der Waals surface area contributed by atoms with Crippen LogP contribution in [0, 0.1) is 0 Å². The van der Waals surface area contributed by atoms with Crippen LogP contribution in [0.2, 0.25) is 0 Å². The number of nitrogens with zero attached hydrogens (tertiary/aromatic N) is 3. The van der Waals surface area contributed by atoms with Crippen molar-refractivity contribution in [2.24, 2.45) is 5.73 Å². The van der Waals surface area contributed by atoms with Gasteiger partial charge < -0.3 is 20.7 Å². The lowest BCUT2D eigenvalue weighted by molar-refractivity contribution is 0.102. The third-order valence-corrected chi connectivity index (χ3v) is 6.30. The van der Waals surface area contributed by atoms with E-state index < -0.39 is 6.09 Å². The molecule has 0 aliphatic carbocycles. The summed E-state index contributed by atoms with van der Waals surface area (Å²) in [4.78, 5) is 35.7. The number of carbonyl (C=O) groups excluding carboxylic acids is 2. The number of thiazole rings is 1. The largest absolute Gasteiger partial charge is 0.410 e. The molecule has 10 heteroatoms. The minimum atomic E-state index is -0.899. The van der Waals surface area contributed by atoms with Gasteiger partial charge in [0.2, 0.25) is 0 Å². The number of pyridine rings is 1. The average Bonchev–Trinajstić information content (AvgIpc) is 3.28. The Hall–Kier alpha value is -2.82. The minimum Gasteiger partial charge on any atom is -0.407 e. The summed E-state index contributed by atoms with van der Waals surface area (Å²) in [5.41, 5.74) is 7.34. The molecule has 0 unspecified atom stereocenters. The van der Waals surface area contributed by atoms with E-state index in [-0.39, 0.29) is 5.91 Å². The molecule has 0 radical (unpaired) electrons. The number of carbonyl (C=O) groups is 2. The zero-order valence-electron chi connectivity index (χ0n) is 15.0. The highest BCUT2D eigenvalue weighted by molar-refractivity contribution is 7.17. The molecule has 0 atom stereocenters. The number of hydrogen-bond donors (Lipinski definition) is 2. The van der Waals surface area contributed by atoms with E-state index in [9.17, 15) is 9.59 Å². The van der Waals surface area contributed by atoms with Gasteiger partial charge >= 0.3 is 6.09 Å². The predicted octanol–water partition coefficient (Wildman–Crippen LogP) is 2.96. The van der Waals surface area contributed by atoms with Crippen LogP contribution in [0.4, 0.5) is 9.80 Å². The zero-order chi connectivity index (χ0) is 19.7. The fourth-order valence-corrected chi connectivity index (χ4v) is 5.02. The first-order chi connectivity index (χ1) is 13.5. The average molecular weight is 416 g/mol. The second-order valence-corrected chi connectivity index (χ2v) is 8.26. The smallest absolute Gasteiger partial charge is 0.407 e. The van der Waals surface area contributed by atoms with Crippen LogP contribution < -0.4 is 15.8 Å². The molecule has 4 rings (SSSR count). The van der Waals surface area contributed by atoms with Crippen molar-refractivity contribution in [2.45, 2.75) is 13.0 Å². The van der Waals surface area contributed by atoms with E-state index in [2.05, 4.69) is 20.2 Å². The molecule has 0 fully saturated rings. The number of rotatable bonds is 4. The lowest BCUT2D eigenvalue weighted by atomic mass is 10.1. The Balaban J connectivity index is 1.59. The van der Waals surface area contributed by atoms with Crippen molar-refractivity contribution in [1.29, 1.82) is 0 Å². The van der Waals surface area contributed by atoms with Crippen LogP contribution in [0.3, 0.4) is 0 Å². The summed E-state index contributed by atoms with van der Waals surface area (Å²) in [6, 6.07) is 3.67. The van der Waals surface area contributed by atoms with E-state index in [0.29, 0.717) is 16.4 Å². The van der Waals surface area contributed by atoms with Gasteiger partial charge in [-0.3, -0.25) is 9.78 Å². The summed E-state index contributed by atoms with van der Waals surface area (Å²) in [6.07, 6.45) is 3.18. The van der Waals surface area contributed by atoms with Crippen molar-refractivity contribution < 1.29 is 14.3 Å². The van der Waals surface area contributed by atoms with Gasteiger partial charge in [0.25, 0.3) is 5.91 Å². The highest BCUT2D eigenvalue weighted by atomic mass is 32.1. The molecule has 28 heavy (non-hydrogen) atoms. The number of nitrogens with one attached hydrogen (secondary N) is 1. The van der Waals surface area contributed by atoms with Crippen LogP contribution >= 0.6 is 22.7 Å². The number of thiophene rings is 1. The molecule has 0 spiro atoms. The summed E-state index contributed by atoms with van der Waals surface area (Å²) in [6.45, 7) is 1.57. The summed E-state index contributed by atoms with van der Waals surface area (Å²) < 4.78 is 5.22. The number of aromatic nitrogens is 2. The van der Waals surface area contributed by atoms with Gasteiger partial charge in [0.15, 0.2) is 5.75 Å². The van der Waals surface area contributed by atoms with Crippen molar-refractivity contribution >= 4 is 39.7 Å². The molecule has 2 amide bonds. The van der Waals surface area contributed by atoms with Crippen molar-refractivity contribution in [3.05, 3.63) is 46.0 Å². The van der Waals surface area contributed by atoms with E-state index in [1.165, 1.54) is 22.7 Å². The highest BCUT2D eigenvalue weighted by Gasteiger charge is 2.27. The van der Waals surface area contributed by atoms with Crippen molar-refractivity contribution in [2.75, 3.05) is 18.9 Å². The first-order valence-corrected chi connectivity index (χ1v) is 10.2. The van der Waals surface area contributed by atoms with Gasteiger partial charge in [-0.1, -0.05) is 0 Å².